The first-order valence-corrected chi connectivity index (χ1v) is 7.66. The van der Waals surface area contributed by atoms with E-state index >= 15 is 0 Å². The third kappa shape index (κ3) is 2.81. The molecular weight excluding hydrogens is 362 g/mol. The molecule has 1 atom stereocenters. The van der Waals surface area contributed by atoms with Gasteiger partial charge in [-0.1, -0.05) is 22.0 Å². The van der Waals surface area contributed by atoms with E-state index in [4.69, 9.17) is 5.73 Å². The molecule has 0 aliphatic heterocycles. The Labute approximate surface area is 122 Å². The van der Waals surface area contributed by atoms with E-state index in [-0.39, 0.29) is 6.04 Å². The van der Waals surface area contributed by atoms with Crippen LogP contribution in [0.5, 0.6) is 0 Å². The second-order valence-electron chi connectivity index (χ2n) is 4.05. The Kier molecular flexibility index (Phi) is 4.08. The molecule has 0 spiro atoms. The van der Waals surface area contributed by atoms with E-state index in [9.17, 15) is 0 Å². The van der Waals surface area contributed by atoms with Gasteiger partial charge in [0.25, 0.3) is 0 Å². The number of thiophene rings is 1. The second kappa shape index (κ2) is 5.22. The zero-order valence-electron chi connectivity index (χ0n) is 9.63. The van der Waals surface area contributed by atoms with E-state index in [1.807, 2.05) is 6.07 Å². The molecule has 17 heavy (non-hydrogen) atoms. The van der Waals surface area contributed by atoms with Gasteiger partial charge in [-0.15, -0.1) is 11.3 Å². The minimum absolute atomic E-state index is 0.0689. The van der Waals surface area contributed by atoms with Gasteiger partial charge in [-0.25, -0.2) is 0 Å². The smallest absolute Gasteiger partial charge is 0.0660 e. The Morgan fingerprint density at radius 2 is 1.88 bits per heavy atom. The van der Waals surface area contributed by atoms with Crippen LogP contribution in [-0.4, -0.2) is 0 Å². The maximum Gasteiger partial charge on any atom is 0.0660 e. The summed E-state index contributed by atoms with van der Waals surface area (Å²) in [5.41, 5.74) is 8.75. The van der Waals surface area contributed by atoms with E-state index in [1.165, 1.54) is 20.9 Å². The number of benzene rings is 1. The summed E-state index contributed by atoms with van der Waals surface area (Å²) in [6.45, 7) is 4.19. The fraction of sp³-hybridized carbons (Fsp3) is 0.231. The van der Waals surface area contributed by atoms with Crippen molar-refractivity contribution in [2.45, 2.75) is 19.9 Å². The summed E-state index contributed by atoms with van der Waals surface area (Å²) in [7, 11) is 0. The number of aryl methyl sites for hydroxylation is 2. The largest absolute Gasteiger partial charge is 0.320 e. The lowest BCUT2D eigenvalue weighted by atomic mass is 10.0. The number of hydrogen-bond donors (Lipinski definition) is 1. The molecule has 2 N–H and O–H groups in total. The molecule has 0 saturated heterocycles. The van der Waals surface area contributed by atoms with E-state index in [0.717, 1.165) is 8.95 Å². The number of halogens is 2. The van der Waals surface area contributed by atoms with Crippen LogP contribution in [0.1, 0.15) is 26.9 Å². The summed E-state index contributed by atoms with van der Waals surface area (Å²) in [4.78, 5) is 2.46. The fourth-order valence-electron chi connectivity index (χ4n) is 1.80. The molecular formula is C13H13Br2NS. The molecule has 1 aromatic carbocycles. The van der Waals surface area contributed by atoms with Crippen molar-refractivity contribution < 1.29 is 0 Å². The van der Waals surface area contributed by atoms with Gasteiger partial charge < -0.3 is 5.73 Å². The first-order valence-electron chi connectivity index (χ1n) is 5.26. The van der Waals surface area contributed by atoms with Gasteiger partial charge in [0, 0.05) is 18.7 Å². The van der Waals surface area contributed by atoms with Crippen LogP contribution >= 0.6 is 43.2 Å². The van der Waals surface area contributed by atoms with Gasteiger partial charge in [-0.05, 0) is 59.1 Å². The van der Waals surface area contributed by atoms with Gasteiger partial charge >= 0.3 is 0 Å². The van der Waals surface area contributed by atoms with Crippen molar-refractivity contribution in [2.75, 3.05) is 0 Å². The van der Waals surface area contributed by atoms with Crippen LogP contribution in [0.3, 0.4) is 0 Å². The lowest BCUT2D eigenvalue weighted by Crippen LogP contribution is -2.12. The normalized spacial score (nSPS) is 12.8. The summed E-state index contributed by atoms with van der Waals surface area (Å²) >= 11 is 8.82. The highest BCUT2D eigenvalue weighted by Gasteiger charge is 2.17. The average Bonchev–Trinajstić information content (AvgIpc) is 2.60. The Morgan fingerprint density at radius 3 is 2.47 bits per heavy atom. The highest BCUT2D eigenvalue weighted by Crippen LogP contribution is 2.35. The average molecular weight is 375 g/mol. The van der Waals surface area contributed by atoms with Crippen LogP contribution in [0.2, 0.25) is 0 Å². The van der Waals surface area contributed by atoms with E-state index in [0.29, 0.717) is 0 Å². The maximum absolute atomic E-state index is 6.36. The first-order chi connectivity index (χ1) is 7.99. The molecule has 1 aromatic heterocycles. The minimum atomic E-state index is -0.0689. The summed E-state index contributed by atoms with van der Waals surface area (Å²) < 4.78 is 2.17. The first kappa shape index (κ1) is 13.3. The van der Waals surface area contributed by atoms with Crippen molar-refractivity contribution >= 4 is 43.2 Å². The molecule has 1 nitrogen and oxygen atoms in total. The highest BCUT2D eigenvalue weighted by molar-refractivity contribution is 9.10. The van der Waals surface area contributed by atoms with Crippen molar-refractivity contribution in [3.63, 3.8) is 0 Å². The zero-order chi connectivity index (χ0) is 12.6. The minimum Gasteiger partial charge on any atom is -0.320 e. The summed E-state index contributed by atoms with van der Waals surface area (Å²) in [6.07, 6.45) is 0. The Morgan fingerprint density at radius 1 is 1.18 bits per heavy atom. The molecule has 1 unspecified atom stereocenters. The van der Waals surface area contributed by atoms with Gasteiger partial charge in [0.2, 0.25) is 0 Å². The second-order valence-corrected chi connectivity index (χ2v) is 7.11. The molecule has 0 radical (unpaired) electrons. The molecule has 0 bridgehead atoms. The van der Waals surface area contributed by atoms with Crippen molar-refractivity contribution in [3.8, 4) is 0 Å². The Hall–Kier alpha value is -0.160. The molecule has 2 rings (SSSR count). The topological polar surface area (TPSA) is 26.0 Å². The van der Waals surface area contributed by atoms with Gasteiger partial charge in [-0.3, -0.25) is 0 Å². The van der Waals surface area contributed by atoms with Crippen LogP contribution < -0.4 is 5.73 Å². The monoisotopic (exact) mass is 373 g/mol. The lowest BCUT2D eigenvalue weighted by Gasteiger charge is -2.14. The molecule has 90 valence electrons. The molecule has 0 aliphatic rings. The SMILES string of the molecule is Cc1cc(Br)c(C(N)c2cc(Br)ccc2C)s1. The molecule has 0 saturated carbocycles. The number of hydrogen-bond acceptors (Lipinski definition) is 2. The van der Waals surface area contributed by atoms with Crippen molar-refractivity contribution in [1.82, 2.24) is 0 Å². The van der Waals surface area contributed by atoms with Gasteiger partial charge in [0.1, 0.15) is 0 Å². The van der Waals surface area contributed by atoms with Gasteiger partial charge in [-0.2, -0.15) is 0 Å². The molecule has 2 aromatic rings. The zero-order valence-corrected chi connectivity index (χ0v) is 13.6. The van der Waals surface area contributed by atoms with Crippen molar-refractivity contribution in [1.29, 1.82) is 0 Å². The van der Waals surface area contributed by atoms with E-state index < -0.39 is 0 Å². The van der Waals surface area contributed by atoms with Crippen LogP contribution in [0.4, 0.5) is 0 Å². The van der Waals surface area contributed by atoms with Crippen molar-refractivity contribution in [3.05, 3.63) is 54.1 Å². The quantitative estimate of drug-likeness (QED) is 0.791. The maximum atomic E-state index is 6.36. The standard InChI is InChI=1S/C13H13Br2NS/c1-7-3-4-9(14)6-10(7)12(16)13-11(15)5-8(2)17-13/h3-6,12H,16H2,1-2H3. The summed E-state index contributed by atoms with van der Waals surface area (Å²) in [5.74, 6) is 0. The molecule has 0 aliphatic carbocycles. The molecule has 1 heterocycles. The van der Waals surface area contributed by atoms with Gasteiger partial charge in [0.05, 0.1) is 6.04 Å². The lowest BCUT2D eigenvalue weighted by molar-refractivity contribution is 0.877. The van der Waals surface area contributed by atoms with E-state index in [1.54, 1.807) is 11.3 Å². The molecule has 0 amide bonds. The van der Waals surface area contributed by atoms with Crippen LogP contribution in [-0.2, 0) is 0 Å². The van der Waals surface area contributed by atoms with Gasteiger partial charge in [0.15, 0.2) is 0 Å². The fourth-order valence-corrected chi connectivity index (χ4v) is 4.10. The number of rotatable bonds is 2. The van der Waals surface area contributed by atoms with Crippen LogP contribution in [0, 0.1) is 13.8 Å². The van der Waals surface area contributed by atoms with E-state index in [2.05, 4.69) is 63.9 Å². The number of nitrogens with two attached hydrogens (primary N) is 1. The predicted octanol–water partition coefficient (Wildman–Crippen LogP) is 4.94. The summed E-state index contributed by atoms with van der Waals surface area (Å²) in [6, 6.07) is 8.28. The third-order valence-electron chi connectivity index (χ3n) is 2.70. The summed E-state index contributed by atoms with van der Waals surface area (Å²) in [5, 5.41) is 0. The van der Waals surface area contributed by atoms with Crippen LogP contribution in [0.15, 0.2) is 33.2 Å². The third-order valence-corrected chi connectivity index (χ3v) is 5.24. The Balaban J connectivity index is 2.46. The predicted molar refractivity (Wildman–Crippen MR) is 81.7 cm³/mol. The van der Waals surface area contributed by atoms with Crippen molar-refractivity contribution in [2.24, 2.45) is 5.73 Å². The highest BCUT2D eigenvalue weighted by atomic mass is 79.9. The molecule has 0 fully saturated rings. The molecule has 4 heteroatoms. The van der Waals surface area contributed by atoms with Crippen LogP contribution in [0.25, 0.3) is 0 Å². The Bertz CT molecular complexity index is 548.